The van der Waals surface area contributed by atoms with Gasteiger partial charge in [0.2, 0.25) is 0 Å². The van der Waals surface area contributed by atoms with E-state index in [-0.39, 0.29) is 10.6 Å². The minimum Gasteiger partial charge on any atom is -0.477 e. The molecule has 0 aliphatic rings. The Kier molecular flexibility index (Phi) is 3.75. The van der Waals surface area contributed by atoms with Gasteiger partial charge in [-0.2, -0.15) is 0 Å². The Bertz CT molecular complexity index is 722. The highest BCUT2D eigenvalue weighted by Gasteiger charge is 2.21. The van der Waals surface area contributed by atoms with Crippen LogP contribution in [-0.2, 0) is 16.6 Å². The molecule has 0 fully saturated rings. The number of hydrogen-bond donors (Lipinski definition) is 2. The summed E-state index contributed by atoms with van der Waals surface area (Å²) >= 11 is 0. The number of anilines is 1. The van der Waals surface area contributed by atoms with Crippen molar-refractivity contribution in [3.05, 3.63) is 42.5 Å². The summed E-state index contributed by atoms with van der Waals surface area (Å²) in [6, 6.07) is 4.28. The van der Waals surface area contributed by atoms with Gasteiger partial charge in [0.05, 0.1) is 11.9 Å². The number of aryl methyl sites for hydroxylation is 1. The lowest BCUT2D eigenvalue weighted by Gasteiger charge is -2.05. The second-order valence-electron chi connectivity index (χ2n) is 4.00. The average molecular weight is 295 g/mol. The minimum atomic E-state index is -3.83. The lowest BCUT2D eigenvalue weighted by Crippen LogP contribution is -2.12. The van der Waals surface area contributed by atoms with Gasteiger partial charge in [-0.3, -0.25) is 9.71 Å². The average Bonchev–Trinajstić information content (AvgIpc) is 2.84. The molecule has 0 bridgehead atoms. The third-order valence-electron chi connectivity index (χ3n) is 2.66. The van der Waals surface area contributed by atoms with Crippen molar-refractivity contribution in [2.24, 2.45) is 0 Å². The highest BCUT2D eigenvalue weighted by molar-refractivity contribution is 7.92. The largest absolute Gasteiger partial charge is 0.477 e. The first kappa shape index (κ1) is 14.1. The van der Waals surface area contributed by atoms with Gasteiger partial charge in [0.25, 0.3) is 10.0 Å². The van der Waals surface area contributed by atoms with E-state index >= 15 is 0 Å². The third-order valence-corrected chi connectivity index (χ3v) is 4.00. The Morgan fingerprint density at radius 3 is 2.75 bits per heavy atom. The molecule has 2 N–H and O–H groups in total. The van der Waals surface area contributed by atoms with E-state index in [2.05, 4.69) is 9.71 Å². The van der Waals surface area contributed by atoms with Crippen LogP contribution in [-0.4, -0.2) is 29.0 Å². The molecule has 0 aromatic carbocycles. The van der Waals surface area contributed by atoms with Crippen LogP contribution < -0.4 is 4.72 Å². The van der Waals surface area contributed by atoms with E-state index in [9.17, 15) is 13.2 Å². The molecule has 0 radical (unpaired) electrons. The summed E-state index contributed by atoms with van der Waals surface area (Å²) in [7, 11) is -3.83. The highest BCUT2D eigenvalue weighted by atomic mass is 32.2. The molecule has 0 aliphatic carbocycles. The van der Waals surface area contributed by atoms with Crippen LogP contribution in [0.25, 0.3) is 0 Å². The molecule has 0 aliphatic heterocycles. The van der Waals surface area contributed by atoms with Crippen LogP contribution in [0.5, 0.6) is 0 Å². The van der Waals surface area contributed by atoms with Gasteiger partial charge < -0.3 is 9.67 Å². The molecule has 0 spiro atoms. The molecule has 2 aromatic heterocycles. The first-order chi connectivity index (χ1) is 9.44. The molecule has 106 valence electrons. The summed E-state index contributed by atoms with van der Waals surface area (Å²) in [5.74, 6) is -1.17. The van der Waals surface area contributed by atoms with E-state index in [1.807, 2.05) is 0 Å². The van der Waals surface area contributed by atoms with Crippen molar-refractivity contribution in [2.45, 2.75) is 18.4 Å². The molecule has 2 aromatic rings. The van der Waals surface area contributed by atoms with Crippen LogP contribution in [0, 0.1) is 0 Å². The van der Waals surface area contributed by atoms with Crippen molar-refractivity contribution in [2.75, 3.05) is 4.72 Å². The Balaban J connectivity index is 2.37. The van der Waals surface area contributed by atoms with Crippen molar-refractivity contribution in [1.82, 2.24) is 9.55 Å². The zero-order chi connectivity index (χ0) is 14.8. The molecule has 0 atom stereocenters. The smallest absolute Gasteiger partial charge is 0.352 e. The lowest BCUT2D eigenvalue weighted by molar-refractivity contribution is 0.0685. The fourth-order valence-corrected chi connectivity index (χ4v) is 2.79. The lowest BCUT2D eigenvalue weighted by atomic mass is 10.4. The molecule has 0 unspecified atom stereocenters. The van der Waals surface area contributed by atoms with E-state index in [1.165, 1.54) is 23.2 Å². The first-order valence-electron chi connectivity index (χ1n) is 5.80. The van der Waals surface area contributed by atoms with Gasteiger partial charge in [0, 0.05) is 18.9 Å². The third kappa shape index (κ3) is 2.80. The monoisotopic (exact) mass is 295 g/mol. The summed E-state index contributed by atoms with van der Waals surface area (Å²) in [4.78, 5) is 14.7. The SMILES string of the molecule is CCn1cc(S(=O)(=O)Nc2cccnc2)cc1C(=O)O. The minimum absolute atomic E-state index is 0.0703. The van der Waals surface area contributed by atoms with Gasteiger partial charge >= 0.3 is 5.97 Å². The van der Waals surface area contributed by atoms with Crippen molar-refractivity contribution < 1.29 is 18.3 Å². The van der Waals surface area contributed by atoms with Crippen molar-refractivity contribution in [1.29, 1.82) is 0 Å². The number of nitrogens with one attached hydrogen (secondary N) is 1. The normalized spacial score (nSPS) is 11.2. The predicted molar refractivity (Wildman–Crippen MR) is 72.1 cm³/mol. The number of rotatable bonds is 5. The van der Waals surface area contributed by atoms with Crippen LogP contribution >= 0.6 is 0 Å². The molecule has 2 rings (SSSR count). The topological polar surface area (TPSA) is 101 Å². The molecular weight excluding hydrogens is 282 g/mol. The molecule has 7 nitrogen and oxygen atoms in total. The molecule has 0 amide bonds. The summed E-state index contributed by atoms with van der Waals surface area (Å²) in [5, 5.41) is 9.02. The van der Waals surface area contributed by atoms with Crippen LogP contribution in [0.2, 0.25) is 0 Å². The Labute approximate surface area is 115 Å². The van der Waals surface area contributed by atoms with Crippen LogP contribution in [0.15, 0.2) is 41.7 Å². The quantitative estimate of drug-likeness (QED) is 0.868. The van der Waals surface area contributed by atoms with E-state index in [0.717, 1.165) is 6.07 Å². The zero-order valence-corrected chi connectivity index (χ0v) is 11.5. The number of aromatic nitrogens is 2. The van der Waals surface area contributed by atoms with E-state index in [0.29, 0.717) is 12.2 Å². The number of carboxylic acids is 1. The maximum absolute atomic E-state index is 12.2. The Morgan fingerprint density at radius 1 is 1.50 bits per heavy atom. The van der Waals surface area contributed by atoms with E-state index in [1.54, 1.807) is 19.1 Å². The standard InChI is InChI=1S/C12H13N3O4S/c1-2-15-8-10(6-11(15)12(16)17)20(18,19)14-9-4-3-5-13-7-9/h3-8,14H,2H2,1H3,(H,16,17). The van der Waals surface area contributed by atoms with Crippen LogP contribution in [0.4, 0.5) is 5.69 Å². The molecule has 0 saturated carbocycles. The second-order valence-corrected chi connectivity index (χ2v) is 5.68. The number of hydrogen-bond acceptors (Lipinski definition) is 4. The van der Waals surface area contributed by atoms with Gasteiger partial charge in [-0.15, -0.1) is 0 Å². The second kappa shape index (κ2) is 5.33. The summed E-state index contributed by atoms with van der Waals surface area (Å²) < 4.78 is 28.0. The zero-order valence-electron chi connectivity index (χ0n) is 10.6. The van der Waals surface area contributed by atoms with Gasteiger partial charge in [-0.25, -0.2) is 13.2 Å². The van der Waals surface area contributed by atoms with Gasteiger partial charge in [0.1, 0.15) is 10.6 Å². The maximum atomic E-state index is 12.2. The van der Waals surface area contributed by atoms with Gasteiger partial charge in [-0.05, 0) is 25.1 Å². The molecule has 20 heavy (non-hydrogen) atoms. The number of nitrogens with zero attached hydrogens (tertiary/aromatic N) is 2. The summed E-state index contributed by atoms with van der Waals surface area (Å²) in [5.41, 5.74) is 0.243. The van der Waals surface area contributed by atoms with Crippen molar-refractivity contribution in [3.8, 4) is 0 Å². The van der Waals surface area contributed by atoms with Crippen LogP contribution in [0.3, 0.4) is 0 Å². The van der Waals surface area contributed by atoms with E-state index < -0.39 is 16.0 Å². The maximum Gasteiger partial charge on any atom is 0.352 e. The number of carbonyl (C=O) groups is 1. The van der Waals surface area contributed by atoms with Gasteiger partial charge in [-0.1, -0.05) is 0 Å². The number of aromatic carboxylic acids is 1. The van der Waals surface area contributed by atoms with Crippen LogP contribution in [0.1, 0.15) is 17.4 Å². The van der Waals surface area contributed by atoms with Crippen molar-refractivity contribution in [3.63, 3.8) is 0 Å². The summed E-state index contributed by atoms with van der Waals surface area (Å²) in [6.45, 7) is 2.10. The van der Waals surface area contributed by atoms with Crippen molar-refractivity contribution >= 4 is 21.7 Å². The summed E-state index contributed by atoms with van der Waals surface area (Å²) in [6.07, 6.45) is 4.18. The van der Waals surface area contributed by atoms with Gasteiger partial charge in [0.15, 0.2) is 0 Å². The predicted octanol–water partition coefficient (Wildman–Crippen LogP) is 1.40. The molecule has 8 heteroatoms. The highest BCUT2D eigenvalue weighted by Crippen LogP contribution is 2.18. The fourth-order valence-electron chi connectivity index (χ4n) is 1.71. The number of carboxylic acid groups (broad SMARTS) is 1. The fraction of sp³-hybridized carbons (Fsp3) is 0.167. The van der Waals surface area contributed by atoms with E-state index in [4.69, 9.17) is 5.11 Å². The molecular formula is C12H13N3O4S. The number of sulfonamides is 1. The number of pyridine rings is 1. The first-order valence-corrected chi connectivity index (χ1v) is 7.28. The Hall–Kier alpha value is -2.35. The molecule has 2 heterocycles. The Morgan fingerprint density at radius 2 is 2.25 bits per heavy atom. The molecule has 0 saturated heterocycles.